The second-order valence-corrected chi connectivity index (χ2v) is 7.30. The first-order chi connectivity index (χ1) is 11.7. The number of aromatic nitrogens is 2. The molecule has 2 aliphatic rings. The van der Waals surface area contributed by atoms with Gasteiger partial charge >= 0.3 is 0 Å². The molecular weight excluding hydrogens is 320 g/mol. The summed E-state index contributed by atoms with van der Waals surface area (Å²) >= 11 is 6.34. The van der Waals surface area contributed by atoms with Gasteiger partial charge in [0.25, 0.3) is 0 Å². The fourth-order valence-electron chi connectivity index (χ4n) is 4.05. The van der Waals surface area contributed by atoms with E-state index in [2.05, 4.69) is 34.8 Å². The van der Waals surface area contributed by atoms with E-state index in [4.69, 9.17) is 16.7 Å². The fraction of sp³-hybridized carbons (Fsp3) is 0.526. The Labute approximate surface area is 148 Å². The van der Waals surface area contributed by atoms with Gasteiger partial charge < -0.3 is 10.2 Å². The fourth-order valence-corrected chi connectivity index (χ4v) is 4.22. The maximum Gasteiger partial charge on any atom is 0.133 e. The standard InChI is InChI=1S/C19H25ClN4/c1-3-23-11-8-14(9-12-23)18-15-7-10-21-19(15)24(22-18)17-6-4-5-16(20)13(17)2/h4-6,14,21H,3,7-12H2,1-2H3. The Kier molecular flexibility index (Phi) is 4.27. The van der Waals surface area contributed by atoms with Crippen molar-refractivity contribution in [1.29, 1.82) is 0 Å². The number of nitrogens with zero attached hydrogens (tertiary/aromatic N) is 3. The van der Waals surface area contributed by atoms with E-state index in [1.807, 2.05) is 12.1 Å². The van der Waals surface area contributed by atoms with Crippen LogP contribution in [-0.4, -0.2) is 40.9 Å². The van der Waals surface area contributed by atoms with Crippen molar-refractivity contribution in [2.24, 2.45) is 0 Å². The van der Waals surface area contributed by atoms with Crippen LogP contribution in [0, 0.1) is 6.92 Å². The molecule has 5 heteroatoms. The van der Waals surface area contributed by atoms with Gasteiger partial charge in [-0.15, -0.1) is 0 Å². The quantitative estimate of drug-likeness (QED) is 0.913. The van der Waals surface area contributed by atoms with Crippen molar-refractivity contribution in [3.05, 3.63) is 40.0 Å². The predicted octanol–water partition coefficient (Wildman–Crippen LogP) is 4.00. The molecule has 2 aliphatic heterocycles. The molecule has 0 aliphatic carbocycles. The van der Waals surface area contributed by atoms with Gasteiger partial charge in [-0.25, -0.2) is 4.68 Å². The highest BCUT2D eigenvalue weighted by molar-refractivity contribution is 6.31. The molecule has 1 N–H and O–H groups in total. The van der Waals surface area contributed by atoms with Crippen LogP contribution in [0.3, 0.4) is 0 Å². The molecule has 1 aromatic carbocycles. The van der Waals surface area contributed by atoms with Gasteiger partial charge in [0.15, 0.2) is 0 Å². The lowest BCUT2D eigenvalue weighted by atomic mass is 9.91. The van der Waals surface area contributed by atoms with Crippen LogP contribution in [0.4, 0.5) is 5.82 Å². The Morgan fingerprint density at radius 3 is 2.83 bits per heavy atom. The summed E-state index contributed by atoms with van der Waals surface area (Å²) in [5.41, 5.74) is 4.91. The number of anilines is 1. The van der Waals surface area contributed by atoms with Crippen LogP contribution in [0.1, 0.15) is 42.5 Å². The molecule has 1 aromatic heterocycles. The Balaban J connectivity index is 1.72. The van der Waals surface area contributed by atoms with Gasteiger partial charge in [-0.1, -0.05) is 24.6 Å². The summed E-state index contributed by atoms with van der Waals surface area (Å²) in [7, 11) is 0. The van der Waals surface area contributed by atoms with Crippen molar-refractivity contribution in [2.75, 3.05) is 31.5 Å². The van der Waals surface area contributed by atoms with Crippen molar-refractivity contribution in [3.8, 4) is 5.69 Å². The van der Waals surface area contributed by atoms with E-state index in [1.54, 1.807) is 0 Å². The highest BCUT2D eigenvalue weighted by atomic mass is 35.5. The Bertz CT molecular complexity index is 744. The van der Waals surface area contributed by atoms with Crippen LogP contribution in [0.15, 0.2) is 18.2 Å². The SMILES string of the molecule is CCN1CCC(c2nn(-c3cccc(Cl)c3C)c3c2CCN3)CC1. The largest absolute Gasteiger partial charge is 0.369 e. The topological polar surface area (TPSA) is 33.1 Å². The molecule has 4 nitrogen and oxygen atoms in total. The molecule has 0 saturated carbocycles. The van der Waals surface area contributed by atoms with Crippen molar-refractivity contribution < 1.29 is 0 Å². The van der Waals surface area contributed by atoms with Gasteiger partial charge in [0, 0.05) is 23.0 Å². The second kappa shape index (κ2) is 6.41. The highest BCUT2D eigenvalue weighted by Crippen LogP contribution is 2.37. The number of halogens is 1. The molecule has 3 heterocycles. The number of likely N-dealkylation sites (tertiary alicyclic amines) is 1. The van der Waals surface area contributed by atoms with E-state index in [0.29, 0.717) is 5.92 Å². The van der Waals surface area contributed by atoms with Crippen molar-refractivity contribution >= 4 is 17.4 Å². The number of piperidine rings is 1. The summed E-state index contributed by atoms with van der Waals surface area (Å²) in [6.07, 6.45) is 3.51. The minimum atomic E-state index is 0.585. The first-order valence-electron chi connectivity index (χ1n) is 9.02. The number of hydrogen-bond donors (Lipinski definition) is 1. The number of benzene rings is 1. The molecule has 1 saturated heterocycles. The van der Waals surface area contributed by atoms with Crippen LogP contribution < -0.4 is 5.32 Å². The lowest BCUT2D eigenvalue weighted by Gasteiger charge is -2.30. The lowest BCUT2D eigenvalue weighted by Crippen LogP contribution is -2.33. The Morgan fingerprint density at radius 1 is 1.29 bits per heavy atom. The Morgan fingerprint density at radius 2 is 2.08 bits per heavy atom. The molecule has 0 bridgehead atoms. The van der Waals surface area contributed by atoms with Crippen molar-refractivity contribution in [3.63, 3.8) is 0 Å². The molecule has 0 spiro atoms. The van der Waals surface area contributed by atoms with E-state index in [9.17, 15) is 0 Å². The zero-order valence-electron chi connectivity index (χ0n) is 14.5. The maximum absolute atomic E-state index is 6.34. The molecule has 24 heavy (non-hydrogen) atoms. The number of nitrogens with one attached hydrogen (secondary N) is 1. The molecule has 0 amide bonds. The lowest BCUT2D eigenvalue weighted by molar-refractivity contribution is 0.220. The average molecular weight is 345 g/mol. The zero-order valence-corrected chi connectivity index (χ0v) is 15.2. The summed E-state index contributed by atoms with van der Waals surface area (Å²) in [6.45, 7) is 8.85. The third kappa shape index (κ3) is 2.62. The maximum atomic E-state index is 6.34. The number of rotatable bonds is 3. The van der Waals surface area contributed by atoms with Crippen molar-refractivity contribution in [2.45, 2.75) is 39.0 Å². The van der Waals surface area contributed by atoms with Gasteiger partial charge in [-0.2, -0.15) is 5.10 Å². The van der Waals surface area contributed by atoms with Gasteiger partial charge in [-0.3, -0.25) is 0 Å². The summed E-state index contributed by atoms with van der Waals surface area (Å²) < 4.78 is 2.09. The normalized spacial score (nSPS) is 18.6. The monoisotopic (exact) mass is 344 g/mol. The smallest absolute Gasteiger partial charge is 0.133 e. The molecule has 1 fully saturated rings. The van der Waals surface area contributed by atoms with E-state index >= 15 is 0 Å². The summed E-state index contributed by atoms with van der Waals surface area (Å²) in [5, 5.41) is 9.39. The molecular formula is C19H25ClN4. The van der Waals surface area contributed by atoms with E-state index in [0.717, 1.165) is 35.8 Å². The van der Waals surface area contributed by atoms with E-state index in [1.165, 1.54) is 43.0 Å². The summed E-state index contributed by atoms with van der Waals surface area (Å²) in [5.74, 6) is 1.76. The van der Waals surface area contributed by atoms with Crippen LogP contribution >= 0.6 is 11.6 Å². The zero-order chi connectivity index (χ0) is 16.7. The highest BCUT2D eigenvalue weighted by Gasteiger charge is 2.30. The minimum Gasteiger partial charge on any atom is -0.369 e. The molecule has 2 aromatic rings. The second-order valence-electron chi connectivity index (χ2n) is 6.89. The van der Waals surface area contributed by atoms with Crippen LogP contribution in [0.25, 0.3) is 5.69 Å². The summed E-state index contributed by atoms with van der Waals surface area (Å²) in [6, 6.07) is 6.06. The Hall–Kier alpha value is -1.52. The van der Waals surface area contributed by atoms with E-state index in [-0.39, 0.29) is 0 Å². The molecule has 0 atom stereocenters. The number of hydrogen-bond acceptors (Lipinski definition) is 3. The first-order valence-corrected chi connectivity index (χ1v) is 9.40. The van der Waals surface area contributed by atoms with Crippen LogP contribution in [-0.2, 0) is 6.42 Å². The molecule has 4 rings (SSSR count). The molecule has 0 unspecified atom stereocenters. The van der Waals surface area contributed by atoms with Crippen LogP contribution in [0.2, 0.25) is 5.02 Å². The molecule has 0 radical (unpaired) electrons. The van der Waals surface area contributed by atoms with Gasteiger partial charge in [0.2, 0.25) is 0 Å². The number of fused-ring (bicyclic) bond motifs is 1. The average Bonchev–Trinajstić information content (AvgIpc) is 3.20. The van der Waals surface area contributed by atoms with Crippen LogP contribution in [0.5, 0.6) is 0 Å². The van der Waals surface area contributed by atoms with Gasteiger partial charge in [0.05, 0.1) is 11.4 Å². The van der Waals surface area contributed by atoms with Gasteiger partial charge in [-0.05, 0) is 63.5 Å². The minimum absolute atomic E-state index is 0.585. The molecule has 128 valence electrons. The third-order valence-corrected chi connectivity index (χ3v) is 5.98. The van der Waals surface area contributed by atoms with Gasteiger partial charge in [0.1, 0.15) is 5.82 Å². The van der Waals surface area contributed by atoms with Crippen molar-refractivity contribution in [1.82, 2.24) is 14.7 Å². The third-order valence-electron chi connectivity index (χ3n) is 5.57. The van der Waals surface area contributed by atoms with E-state index < -0.39 is 0 Å². The summed E-state index contributed by atoms with van der Waals surface area (Å²) in [4.78, 5) is 2.53. The first kappa shape index (κ1) is 16.0. The predicted molar refractivity (Wildman–Crippen MR) is 99.6 cm³/mol.